The topological polar surface area (TPSA) is 71.5 Å². The zero-order chi connectivity index (χ0) is 15.4. The molecule has 2 atom stereocenters. The van der Waals surface area contributed by atoms with Crippen LogP contribution in [0.2, 0.25) is 0 Å². The summed E-state index contributed by atoms with van der Waals surface area (Å²) in [4.78, 5) is 16.1. The van der Waals surface area contributed by atoms with Crippen LogP contribution in [0.1, 0.15) is 12.0 Å². The molecule has 1 aromatic carbocycles. The van der Waals surface area contributed by atoms with Crippen molar-refractivity contribution < 1.29 is 14.6 Å². The molecule has 2 heterocycles. The molecule has 1 saturated heterocycles. The second kappa shape index (κ2) is 6.85. The summed E-state index contributed by atoms with van der Waals surface area (Å²) in [5, 5.41) is 12.9. The molecule has 0 spiro atoms. The first kappa shape index (κ1) is 14.9. The van der Waals surface area contributed by atoms with E-state index in [-0.39, 0.29) is 30.9 Å². The fourth-order valence-electron chi connectivity index (χ4n) is 2.96. The summed E-state index contributed by atoms with van der Waals surface area (Å²) in [7, 11) is 0. The van der Waals surface area contributed by atoms with E-state index >= 15 is 0 Å². The van der Waals surface area contributed by atoms with Crippen molar-refractivity contribution in [3.8, 4) is 0 Å². The Morgan fingerprint density at radius 2 is 2.18 bits per heavy atom. The smallest absolute Gasteiger partial charge is 0.222 e. The van der Waals surface area contributed by atoms with Gasteiger partial charge in [-0.05, 0) is 24.1 Å². The highest BCUT2D eigenvalue weighted by Crippen LogP contribution is 2.24. The van der Waals surface area contributed by atoms with Gasteiger partial charge in [-0.3, -0.25) is 9.78 Å². The number of aliphatic hydroxyl groups is 1. The van der Waals surface area contributed by atoms with E-state index in [0.29, 0.717) is 13.2 Å². The van der Waals surface area contributed by atoms with E-state index in [1.165, 1.54) is 5.56 Å². The summed E-state index contributed by atoms with van der Waals surface area (Å²) in [5.41, 5.74) is 2.21. The van der Waals surface area contributed by atoms with Crippen LogP contribution in [0, 0.1) is 5.92 Å². The van der Waals surface area contributed by atoms with Crippen LogP contribution in [-0.2, 0) is 16.0 Å². The number of aromatic nitrogens is 1. The lowest BCUT2D eigenvalue weighted by molar-refractivity contribution is -0.122. The van der Waals surface area contributed by atoms with Gasteiger partial charge in [-0.1, -0.05) is 18.2 Å². The van der Waals surface area contributed by atoms with Crippen LogP contribution in [0.15, 0.2) is 36.5 Å². The van der Waals surface area contributed by atoms with Gasteiger partial charge in [-0.25, -0.2) is 0 Å². The number of nitrogens with one attached hydrogen (secondary N) is 1. The summed E-state index contributed by atoms with van der Waals surface area (Å²) >= 11 is 0. The van der Waals surface area contributed by atoms with E-state index in [1.807, 2.05) is 30.5 Å². The number of fused-ring (bicyclic) bond motifs is 1. The standard InChI is InChI=1S/C17H20N2O3/c20-8-6-17(21)19-16-11-22-10-13(16)9-12-5-7-18-15-4-2-1-3-14(12)15/h1-5,7,13,16,20H,6,8-11H2,(H,19,21)/t13-,16-/m1/s1. The van der Waals surface area contributed by atoms with Gasteiger partial charge < -0.3 is 15.2 Å². The van der Waals surface area contributed by atoms with Gasteiger partial charge >= 0.3 is 0 Å². The number of hydrogen-bond donors (Lipinski definition) is 2. The van der Waals surface area contributed by atoms with E-state index in [1.54, 1.807) is 0 Å². The maximum atomic E-state index is 11.7. The van der Waals surface area contributed by atoms with Gasteiger partial charge in [-0.15, -0.1) is 0 Å². The number of hydrogen-bond acceptors (Lipinski definition) is 4. The molecule has 0 unspecified atom stereocenters. The van der Waals surface area contributed by atoms with Crippen LogP contribution in [0.3, 0.4) is 0 Å². The summed E-state index contributed by atoms with van der Waals surface area (Å²) in [6.07, 6.45) is 2.81. The van der Waals surface area contributed by atoms with Gasteiger partial charge in [0.25, 0.3) is 0 Å². The number of benzene rings is 1. The average molecular weight is 300 g/mol. The number of aliphatic hydroxyl groups excluding tert-OH is 1. The number of pyridine rings is 1. The molecule has 0 radical (unpaired) electrons. The summed E-state index contributed by atoms with van der Waals surface area (Å²) < 4.78 is 5.54. The fraction of sp³-hybridized carbons (Fsp3) is 0.412. The van der Waals surface area contributed by atoms with Gasteiger partial charge in [-0.2, -0.15) is 0 Å². The number of rotatable bonds is 5. The average Bonchev–Trinajstić information content (AvgIpc) is 2.95. The first-order valence-corrected chi connectivity index (χ1v) is 7.58. The van der Waals surface area contributed by atoms with E-state index in [9.17, 15) is 4.79 Å². The van der Waals surface area contributed by atoms with Crippen molar-refractivity contribution in [3.05, 3.63) is 42.1 Å². The molecule has 22 heavy (non-hydrogen) atoms. The fourth-order valence-corrected chi connectivity index (χ4v) is 2.96. The lowest BCUT2D eigenvalue weighted by Gasteiger charge is -2.19. The molecule has 1 aliphatic heterocycles. The molecule has 5 nitrogen and oxygen atoms in total. The minimum absolute atomic E-state index is 0.00553. The van der Waals surface area contributed by atoms with Gasteiger partial charge in [0.2, 0.25) is 5.91 Å². The summed E-state index contributed by atoms with van der Waals surface area (Å²) in [5.74, 6) is 0.121. The number of carbonyl (C=O) groups excluding carboxylic acids is 1. The minimum Gasteiger partial charge on any atom is -0.396 e. The highest BCUT2D eigenvalue weighted by Gasteiger charge is 2.29. The number of para-hydroxylation sites is 1. The van der Waals surface area contributed by atoms with Crippen molar-refractivity contribution in [1.82, 2.24) is 10.3 Å². The van der Waals surface area contributed by atoms with Crippen molar-refractivity contribution >= 4 is 16.8 Å². The van der Waals surface area contributed by atoms with E-state index < -0.39 is 0 Å². The molecule has 0 aliphatic carbocycles. The lowest BCUT2D eigenvalue weighted by atomic mass is 9.93. The minimum atomic E-state index is -0.126. The van der Waals surface area contributed by atoms with Crippen LogP contribution in [0.25, 0.3) is 10.9 Å². The molecule has 2 N–H and O–H groups in total. The van der Waals surface area contributed by atoms with Crippen LogP contribution in [0.4, 0.5) is 0 Å². The SMILES string of the molecule is O=C(CCO)N[C@@H]1COC[C@H]1Cc1ccnc2ccccc12. The Hall–Kier alpha value is -1.98. The molecule has 1 aliphatic rings. The van der Waals surface area contributed by atoms with Gasteiger partial charge in [0.05, 0.1) is 31.4 Å². The monoisotopic (exact) mass is 300 g/mol. The van der Waals surface area contributed by atoms with Crippen molar-refractivity contribution in [2.45, 2.75) is 18.9 Å². The third-order valence-electron chi connectivity index (χ3n) is 4.11. The first-order valence-electron chi connectivity index (χ1n) is 7.58. The molecule has 5 heteroatoms. The number of ether oxygens (including phenoxy) is 1. The zero-order valence-electron chi connectivity index (χ0n) is 12.4. The Balaban J connectivity index is 1.74. The molecule has 1 amide bonds. The van der Waals surface area contributed by atoms with Crippen LogP contribution in [-0.4, -0.2) is 41.9 Å². The molecule has 0 saturated carbocycles. The molecular weight excluding hydrogens is 280 g/mol. The van der Waals surface area contributed by atoms with Crippen molar-refractivity contribution in [2.24, 2.45) is 5.92 Å². The van der Waals surface area contributed by atoms with Crippen molar-refractivity contribution in [3.63, 3.8) is 0 Å². The predicted octanol–water partition coefficient (Wildman–Crippen LogP) is 1.29. The molecule has 0 bridgehead atoms. The van der Waals surface area contributed by atoms with Crippen molar-refractivity contribution in [2.75, 3.05) is 19.8 Å². The number of amides is 1. The molecule has 3 rings (SSSR count). The third-order valence-corrected chi connectivity index (χ3v) is 4.11. The highest BCUT2D eigenvalue weighted by molar-refractivity contribution is 5.81. The van der Waals surface area contributed by atoms with Gasteiger partial charge in [0.15, 0.2) is 0 Å². The van der Waals surface area contributed by atoms with Crippen molar-refractivity contribution in [1.29, 1.82) is 0 Å². The normalized spacial score (nSPS) is 21.1. The Morgan fingerprint density at radius 3 is 3.05 bits per heavy atom. The van der Waals surface area contributed by atoms with E-state index in [4.69, 9.17) is 9.84 Å². The first-order chi connectivity index (χ1) is 10.8. The largest absolute Gasteiger partial charge is 0.396 e. The Kier molecular flexibility index (Phi) is 4.65. The van der Waals surface area contributed by atoms with Crippen LogP contribution >= 0.6 is 0 Å². The van der Waals surface area contributed by atoms with E-state index in [0.717, 1.165) is 17.3 Å². The van der Waals surface area contributed by atoms with Gasteiger partial charge in [0.1, 0.15) is 0 Å². The summed E-state index contributed by atoms with van der Waals surface area (Å²) in [6, 6.07) is 10.1. The second-order valence-corrected chi connectivity index (χ2v) is 5.64. The predicted molar refractivity (Wildman–Crippen MR) is 83.4 cm³/mol. The molecule has 2 aromatic rings. The number of nitrogens with zero attached hydrogens (tertiary/aromatic N) is 1. The maximum Gasteiger partial charge on any atom is 0.222 e. The quantitative estimate of drug-likeness (QED) is 0.873. The second-order valence-electron chi connectivity index (χ2n) is 5.64. The Labute approximate surface area is 129 Å². The Bertz CT molecular complexity index is 654. The zero-order valence-corrected chi connectivity index (χ0v) is 12.4. The third kappa shape index (κ3) is 3.26. The maximum absolute atomic E-state index is 11.7. The number of carbonyl (C=O) groups is 1. The molecular formula is C17H20N2O3. The molecule has 116 valence electrons. The lowest BCUT2D eigenvalue weighted by Crippen LogP contribution is -2.40. The van der Waals surface area contributed by atoms with Crippen LogP contribution in [0.5, 0.6) is 0 Å². The summed E-state index contributed by atoms with van der Waals surface area (Å²) in [6.45, 7) is 1.05. The highest BCUT2D eigenvalue weighted by atomic mass is 16.5. The Morgan fingerprint density at radius 1 is 1.32 bits per heavy atom. The van der Waals surface area contributed by atoms with E-state index in [2.05, 4.69) is 16.4 Å². The van der Waals surface area contributed by atoms with Gasteiger partial charge in [0, 0.05) is 23.9 Å². The molecule has 1 fully saturated rings. The molecule has 1 aromatic heterocycles. The van der Waals surface area contributed by atoms with Crippen LogP contribution < -0.4 is 5.32 Å².